The monoisotopic (exact) mass is 199 g/mol. The Morgan fingerprint density at radius 1 is 1.21 bits per heavy atom. The molecule has 82 valence electrons. The van der Waals surface area contributed by atoms with E-state index in [1.54, 1.807) is 6.92 Å². The highest BCUT2D eigenvalue weighted by molar-refractivity contribution is 5.88. The lowest BCUT2D eigenvalue weighted by Gasteiger charge is -2.13. The van der Waals surface area contributed by atoms with Crippen molar-refractivity contribution in [2.45, 2.75) is 46.7 Å². The predicted octanol–water partition coefficient (Wildman–Crippen LogP) is 0.913. The van der Waals surface area contributed by atoms with E-state index in [9.17, 15) is 4.79 Å². The van der Waals surface area contributed by atoms with Crippen LogP contribution in [0.2, 0.25) is 0 Å². The normalized spacial score (nSPS) is 14.6. The van der Waals surface area contributed by atoms with E-state index in [2.05, 4.69) is 10.3 Å². The van der Waals surface area contributed by atoms with E-state index in [0.29, 0.717) is 5.84 Å². The van der Waals surface area contributed by atoms with E-state index in [-0.39, 0.29) is 17.9 Å². The predicted molar refractivity (Wildman–Crippen MR) is 59.2 cm³/mol. The van der Waals surface area contributed by atoms with Gasteiger partial charge >= 0.3 is 0 Å². The molecule has 0 aromatic rings. The molecule has 0 bridgehead atoms. The fourth-order valence-corrected chi connectivity index (χ4v) is 0.836. The number of carbonyl (C=O) groups is 1. The Morgan fingerprint density at radius 2 is 1.71 bits per heavy atom. The van der Waals surface area contributed by atoms with Crippen LogP contribution in [0.4, 0.5) is 0 Å². The minimum Gasteiger partial charge on any atom is -0.387 e. The van der Waals surface area contributed by atoms with Gasteiger partial charge in [0.25, 0.3) is 0 Å². The molecule has 1 atom stereocenters. The number of rotatable bonds is 4. The van der Waals surface area contributed by atoms with Gasteiger partial charge < -0.3 is 11.1 Å². The van der Waals surface area contributed by atoms with Crippen molar-refractivity contribution in [2.24, 2.45) is 16.6 Å². The van der Waals surface area contributed by atoms with E-state index in [0.717, 1.165) is 0 Å². The molecular weight excluding hydrogens is 178 g/mol. The second-order valence-electron chi connectivity index (χ2n) is 4.05. The summed E-state index contributed by atoms with van der Waals surface area (Å²) >= 11 is 0. The summed E-state index contributed by atoms with van der Waals surface area (Å²) < 4.78 is 0. The second kappa shape index (κ2) is 5.62. The Balaban J connectivity index is 4.26. The van der Waals surface area contributed by atoms with Gasteiger partial charge in [-0.2, -0.15) is 0 Å². The first-order valence-corrected chi connectivity index (χ1v) is 4.98. The lowest BCUT2D eigenvalue weighted by Crippen LogP contribution is -2.37. The van der Waals surface area contributed by atoms with Crippen molar-refractivity contribution in [1.29, 1.82) is 0 Å². The zero-order valence-corrected chi connectivity index (χ0v) is 9.66. The first-order chi connectivity index (χ1) is 6.34. The van der Waals surface area contributed by atoms with Crippen molar-refractivity contribution in [3.8, 4) is 0 Å². The maximum Gasteiger partial charge on any atom is 0.244 e. The summed E-state index contributed by atoms with van der Waals surface area (Å²) in [7, 11) is 0. The van der Waals surface area contributed by atoms with Gasteiger partial charge in [-0.1, -0.05) is 13.8 Å². The van der Waals surface area contributed by atoms with Crippen LogP contribution in [0.15, 0.2) is 4.99 Å². The molecule has 0 saturated carbocycles. The number of nitrogens with zero attached hydrogens (tertiary/aromatic N) is 1. The topological polar surface area (TPSA) is 67.5 Å². The van der Waals surface area contributed by atoms with Crippen LogP contribution in [0, 0.1) is 5.92 Å². The average molecular weight is 199 g/mol. The quantitative estimate of drug-likeness (QED) is 0.522. The van der Waals surface area contributed by atoms with Gasteiger partial charge in [-0.15, -0.1) is 0 Å². The Morgan fingerprint density at radius 3 is 2.07 bits per heavy atom. The largest absolute Gasteiger partial charge is 0.387 e. The highest BCUT2D eigenvalue weighted by Crippen LogP contribution is 1.97. The van der Waals surface area contributed by atoms with Gasteiger partial charge in [0.1, 0.15) is 6.04 Å². The first kappa shape index (κ1) is 12.9. The summed E-state index contributed by atoms with van der Waals surface area (Å²) in [5.74, 6) is 0.629. The van der Waals surface area contributed by atoms with Crippen molar-refractivity contribution in [3.63, 3.8) is 0 Å². The average Bonchev–Trinajstić information content (AvgIpc) is 2.02. The van der Waals surface area contributed by atoms with Gasteiger partial charge in [0.15, 0.2) is 0 Å². The van der Waals surface area contributed by atoms with E-state index < -0.39 is 6.04 Å². The minimum absolute atomic E-state index is 0.0800. The maximum absolute atomic E-state index is 11.4. The van der Waals surface area contributed by atoms with Crippen LogP contribution < -0.4 is 11.1 Å². The molecule has 0 heterocycles. The number of hydrogen-bond donors (Lipinski definition) is 2. The molecule has 0 aromatic heterocycles. The maximum atomic E-state index is 11.4. The number of aliphatic imine (C=N–C) groups is 1. The zero-order chi connectivity index (χ0) is 11.3. The summed E-state index contributed by atoms with van der Waals surface area (Å²) in [4.78, 5) is 15.5. The highest BCUT2D eigenvalue weighted by Gasteiger charge is 2.13. The summed E-state index contributed by atoms with van der Waals surface area (Å²) in [6, 6.07) is -0.264. The lowest BCUT2D eigenvalue weighted by atomic mass is 10.2. The molecule has 1 amide bonds. The molecular formula is C10H21N3O. The van der Waals surface area contributed by atoms with Gasteiger partial charge in [0.05, 0.1) is 5.84 Å². The number of amidine groups is 1. The van der Waals surface area contributed by atoms with Crippen molar-refractivity contribution in [2.75, 3.05) is 0 Å². The number of nitrogens with two attached hydrogens (primary N) is 1. The first-order valence-electron chi connectivity index (χ1n) is 4.98. The molecule has 0 radical (unpaired) electrons. The summed E-state index contributed by atoms with van der Waals surface area (Å²) in [5.41, 5.74) is 5.66. The van der Waals surface area contributed by atoms with Crippen molar-refractivity contribution in [1.82, 2.24) is 5.32 Å². The molecule has 0 saturated heterocycles. The van der Waals surface area contributed by atoms with Crippen LogP contribution in [0.25, 0.3) is 0 Å². The van der Waals surface area contributed by atoms with Gasteiger partial charge in [-0.3, -0.25) is 9.79 Å². The smallest absolute Gasteiger partial charge is 0.244 e. The Kier molecular flexibility index (Phi) is 5.20. The highest BCUT2D eigenvalue weighted by atomic mass is 16.2. The minimum atomic E-state index is -0.403. The van der Waals surface area contributed by atoms with Crippen LogP contribution in [0.3, 0.4) is 0 Å². The Bertz CT molecular complexity index is 221. The molecule has 0 aliphatic heterocycles. The Labute approximate surface area is 86.0 Å². The van der Waals surface area contributed by atoms with Gasteiger partial charge in [0, 0.05) is 12.0 Å². The van der Waals surface area contributed by atoms with Gasteiger partial charge in [-0.25, -0.2) is 0 Å². The fourth-order valence-electron chi connectivity index (χ4n) is 0.836. The summed E-state index contributed by atoms with van der Waals surface area (Å²) in [6.07, 6.45) is 0. The molecule has 0 aromatic carbocycles. The fraction of sp³-hybridized carbons (Fsp3) is 0.800. The molecule has 14 heavy (non-hydrogen) atoms. The van der Waals surface area contributed by atoms with Crippen molar-refractivity contribution < 1.29 is 4.79 Å². The number of carbonyl (C=O) groups excluding carboxylic acids is 1. The summed E-state index contributed by atoms with van der Waals surface area (Å²) in [6.45, 7) is 9.48. The molecule has 0 aliphatic rings. The van der Waals surface area contributed by atoms with E-state index in [1.165, 1.54) is 0 Å². The summed E-state index contributed by atoms with van der Waals surface area (Å²) in [5, 5.41) is 2.79. The standard InChI is InChI=1S/C10H21N3O/c1-6(2)9(11)13-8(5)10(14)12-7(3)4/h6-8H,1-5H3,(H2,11,13)(H,12,14). The van der Waals surface area contributed by atoms with Gasteiger partial charge in [0.2, 0.25) is 5.91 Å². The molecule has 3 N–H and O–H groups in total. The zero-order valence-electron chi connectivity index (χ0n) is 9.66. The molecule has 0 aliphatic carbocycles. The van der Waals surface area contributed by atoms with Crippen LogP contribution in [0.1, 0.15) is 34.6 Å². The molecule has 0 rings (SSSR count). The van der Waals surface area contributed by atoms with E-state index in [4.69, 9.17) is 5.73 Å². The third kappa shape index (κ3) is 4.84. The lowest BCUT2D eigenvalue weighted by molar-refractivity contribution is -0.122. The molecule has 4 heteroatoms. The number of hydrogen-bond acceptors (Lipinski definition) is 2. The molecule has 1 unspecified atom stereocenters. The third-order valence-corrected chi connectivity index (χ3v) is 1.74. The number of nitrogens with one attached hydrogen (secondary N) is 1. The third-order valence-electron chi connectivity index (χ3n) is 1.74. The van der Waals surface area contributed by atoms with Crippen LogP contribution in [-0.4, -0.2) is 23.8 Å². The van der Waals surface area contributed by atoms with Crippen LogP contribution in [0.5, 0.6) is 0 Å². The van der Waals surface area contributed by atoms with Crippen LogP contribution in [-0.2, 0) is 4.79 Å². The molecule has 0 spiro atoms. The van der Waals surface area contributed by atoms with E-state index >= 15 is 0 Å². The van der Waals surface area contributed by atoms with Crippen LogP contribution >= 0.6 is 0 Å². The van der Waals surface area contributed by atoms with E-state index in [1.807, 2.05) is 27.7 Å². The molecule has 0 fully saturated rings. The number of amides is 1. The van der Waals surface area contributed by atoms with Crippen molar-refractivity contribution in [3.05, 3.63) is 0 Å². The SMILES string of the molecule is CC(C)NC(=O)C(C)N=C(N)C(C)C. The van der Waals surface area contributed by atoms with Crippen molar-refractivity contribution >= 4 is 11.7 Å². The second-order valence-corrected chi connectivity index (χ2v) is 4.05. The molecule has 4 nitrogen and oxygen atoms in total. The Hall–Kier alpha value is -1.06. The van der Waals surface area contributed by atoms with Gasteiger partial charge in [-0.05, 0) is 20.8 Å².